The molecule has 0 radical (unpaired) electrons. The van der Waals surface area contributed by atoms with Gasteiger partial charge in [-0.05, 0) is 49.2 Å². The number of halogens is 1. The number of nitrogens with zero attached hydrogens (tertiary/aromatic N) is 3. The van der Waals surface area contributed by atoms with Crippen LogP contribution in [0.15, 0.2) is 64.5 Å². The number of carbonyl (C=O) groups excluding carboxylic acids is 1. The van der Waals surface area contributed by atoms with Crippen molar-refractivity contribution in [2.24, 2.45) is 0 Å². The molecule has 2 saturated heterocycles. The Labute approximate surface area is 215 Å². The number of benzene rings is 2. The predicted octanol–water partition coefficient (Wildman–Crippen LogP) is 2.51. The van der Waals surface area contributed by atoms with Gasteiger partial charge in [-0.2, -0.15) is 4.31 Å². The van der Waals surface area contributed by atoms with Gasteiger partial charge in [-0.15, -0.1) is 0 Å². The van der Waals surface area contributed by atoms with Crippen molar-refractivity contribution in [1.82, 2.24) is 18.5 Å². The van der Waals surface area contributed by atoms with Crippen LogP contribution in [0.1, 0.15) is 19.3 Å². The maximum Gasteiger partial charge on any atom is 0.269 e. The van der Waals surface area contributed by atoms with Gasteiger partial charge in [-0.1, -0.05) is 29.8 Å². The van der Waals surface area contributed by atoms with Gasteiger partial charge in [0.15, 0.2) is 5.03 Å². The van der Waals surface area contributed by atoms with E-state index in [0.29, 0.717) is 36.3 Å². The van der Waals surface area contributed by atoms with Crippen LogP contribution in [-0.4, -0.2) is 74.7 Å². The Bertz CT molecular complexity index is 1510. The smallest absolute Gasteiger partial charge is 0.269 e. The molecular weight excluding hydrogens is 524 g/mol. The number of piperazine rings is 1. The molecule has 0 spiro atoms. The summed E-state index contributed by atoms with van der Waals surface area (Å²) in [5, 5.41) is 3.80. The van der Waals surface area contributed by atoms with Crippen LogP contribution in [0.25, 0.3) is 10.9 Å². The van der Waals surface area contributed by atoms with Gasteiger partial charge in [0.05, 0.1) is 10.4 Å². The largest absolute Gasteiger partial charge is 0.343 e. The average molecular weight is 551 g/mol. The van der Waals surface area contributed by atoms with E-state index in [-0.39, 0.29) is 40.5 Å². The molecule has 3 aromatic rings. The average Bonchev–Trinajstić information content (AvgIpc) is 3.47. The third-order valence-corrected chi connectivity index (χ3v) is 10.6. The molecule has 192 valence electrons. The lowest BCUT2D eigenvalue weighted by atomic mass is 10.1. The highest BCUT2D eigenvalue weighted by molar-refractivity contribution is 7.92. The molecule has 0 aliphatic carbocycles. The van der Waals surface area contributed by atoms with E-state index in [0.717, 1.165) is 16.9 Å². The third kappa shape index (κ3) is 4.66. The summed E-state index contributed by atoms with van der Waals surface area (Å²) in [6, 6.07) is 13.6. The number of carbonyl (C=O) groups is 1. The van der Waals surface area contributed by atoms with E-state index >= 15 is 0 Å². The Hall–Kier alpha value is -2.44. The minimum atomic E-state index is -4.22. The highest BCUT2D eigenvalue weighted by Gasteiger charge is 2.36. The van der Waals surface area contributed by atoms with Crippen LogP contribution in [0.4, 0.5) is 0 Å². The van der Waals surface area contributed by atoms with Crippen molar-refractivity contribution in [2.75, 3.05) is 32.7 Å². The standard InChI is InChI=1S/C24H27ClN4O5S2/c25-19-8-9-22-18(15-19)16-24(29(22)35(31,32)21-5-2-1-3-6-21)36(33,34)28-14-11-26-20(17-28)10-13-27-12-4-7-23(27)30/h1-3,5-6,8-9,15-16,20,26H,4,7,10-14,17H2. The van der Waals surface area contributed by atoms with E-state index in [9.17, 15) is 21.6 Å². The molecule has 2 aliphatic heterocycles. The van der Waals surface area contributed by atoms with Crippen LogP contribution in [0.3, 0.4) is 0 Å². The zero-order valence-corrected chi connectivity index (χ0v) is 21.9. The second-order valence-electron chi connectivity index (χ2n) is 9.06. The Morgan fingerprint density at radius 1 is 0.972 bits per heavy atom. The van der Waals surface area contributed by atoms with Gasteiger partial charge in [-0.3, -0.25) is 4.79 Å². The molecule has 1 aromatic heterocycles. The van der Waals surface area contributed by atoms with Crippen LogP contribution < -0.4 is 5.32 Å². The lowest BCUT2D eigenvalue weighted by Crippen LogP contribution is -2.53. The molecule has 0 bridgehead atoms. The minimum absolute atomic E-state index is 0.0117. The van der Waals surface area contributed by atoms with E-state index in [1.807, 2.05) is 4.90 Å². The summed E-state index contributed by atoms with van der Waals surface area (Å²) in [6.07, 6.45) is 2.02. The van der Waals surface area contributed by atoms with E-state index in [4.69, 9.17) is 11.6 Å². The lowest BCUT2D eigenvalue weighted by molar-refractivity contribution is -0.127. The van der Waals surface area contributed by atoms with Crippen LogP contribution in [0.5, 0.6) is 0 Å². The number of sulfonamides is 1. The highest BCUT2D eigenvalue weighted by atomic mass is 35.5. The summed E-state index contributed by atoms with van der Waals surface area (Å²) >= 11 is 6.14. The van der Waals surface area contributed by atoms with Crippen LogP contribution in [0, 0.1) is 0 Å². The summed E-state index contributed by atoms with van der Waals surface area (Å²) in [6.45, 7) is 2.10. The minimum Gasteiger partial charge on any atom is -0.343 e. The van der Waals surface area contributed by atoms with Crippen molar-refractivity contribution < 1.29 is 21.6 Å². The zero-order chi connectivity index (χ0) is 25.5. The van der Waals surface area contributed by atoms with Crippen LogP contribution in [0.2, 0.25) is 5.02 Å². The van der Waals surface area contributed by atoms with E-state index in [2.05, 4.69) is 5.32 Å². The summed E-state index contributed by atoms with van der Waals surface area (Å²) < 4.78 is 57.4. The molecule has 3 heterocycles. The number of likely N-dealkylation sites (tertiary alicyclic amines) is 1. The number of hydrogen-bond donors (Lipinski definition) is 1. The second kappa shape index (κ2) is 9.79. The van der Waals surface area contributed by atoms with E-state index in [1.165, 1.54) is 34.6 Å². The van der Waals surface area contributed by atoms with Crippen molar-refractivity contribution in [3.63, 3.8) is 0 Å². The van der Waals surface area contributed by atoms with Crippen molar-refractivity contribution >= 4 is 48.5 Å². The number of rotatable bonds is 7. The number of amides is 1. The van der Waals surface area contributed by atoms with Gasteiger partial charge >= 0.3 is 0 Å². The van der Waals surface area contributed by atoms with Gasteiger partial charge in [0.1, 0.15) is 0 Å². The van der Waals surface area contributed by atoms with Crippen molar-refractivity contribution in [1.29, 1.82) is 0 Å². The predicted molar refractivity (Wildman–Crippen MR) is 137 cm³/mol. The Balaban J connectivity index is 1.51. The highest BCUT2D eigenvalue weighted by Crippen LogP contribution is 2.32. The second-order valence-corrected chi connectivity index (χ2v) is 13.2. The molecule has 5 rings (SSSR count). The van der Waals surface area contributed by atoms with Crippen LogP contribution in [-0.2, 0) is 24.8 Å². The zero-order valence-electron chi connectivity index (χ0n) is 19.5. The first-order valence-corrected chi connectivity index (χ1v) is 15.1. The molecule has 0 saturated carbocycles. The van der Waals surface area contributed by atoms with Gasteiger partial charge in [-0.25, -0.2) is 20.8 Å². The summed E-state index contributed by atoms with van der Waals surface area (Å²) in [7, 11) is -8.41. The first-order chi connectivity index (χ1) is 17.2. The fraction of sp³-hybridized carbons (Fsp3) is 0.375. The Kier molecular flexibility index (Phi) is 6.86. The van der Waals surface area contributed by atoms with E-state index < -0.39 is 20.0 Å². The third-order valence-electron chi connectivity index (χ3n) is 6.71. The number of fused-ring (bicyclic) bond motifs is 1. The van der Waals surface area contributed by atoms with Gasteiger partial charge < -0.3 is 10.2 Å². The first-order valence-electron chi connectivity index (χ1n) is 11.8. The maximum atomic E-state index is 13.9. The number of nitrogens with one attached hydrogen (secondary N) is 1. The summed E-state index contributed by atoms with van der Waals surface area (Å²) in [5.74, 6) is 0.129. The molecule has 36 heavy (non-hydrogen) atoms. The van der Waals surface area contributed by atoms with Crippen molar-refractivity contribution in [2.45, 2.75) is 35.2 Å². The summed E-state index contributed by atoms with van der Waals surface area (Å²) in [4.78, 5) is 13.7. The van der Waals surface area contributed by atoms with Crippen molar-refractivity contribution in [3.05, 3.63) is 59.6 Å². The number of aromatic nitrogens is 1. The summed E-state index contributed by atoms with van der Waals surface area (Å²) in [5.41, 5.74) is 0.237. The molecule has 1 unspecified atom stereocenters. The Morgan fingerprint density at radius 2 is 1.75 bits per heavy atom. The van der Waals surface area contributed by atoms with Crippen molar-refractivity contribution in [3.8, 4) is 0 Å². The molecule has 2 aliphatic rings. The lowest BCUT2D eigenvalue weighted by Gasteiger charge is -2.33. The van der Waals surface area contributed by atoms with Crippen LogP contribution >= 0.6 is 11.6 Å². The quantitative estimate of drug-likeness (QED) is 0.484. The molecule has 1 N–H and O–H groups in total. The van der Waals surface area contributed by atoms with Gasteiger partial charge in [0.25, 0.3) is 20.0 Å². The molecule has 12 heteroatoms. The first kappa shape index (κ1) is 25.2. The number of hydrogen-bond acceptors (Lipinski definition) is 6. The molecule has 1 atom stereocenters. The normalized spacial score (nSPS) is 19.9. The van der Waals surface area contributed by atoms with Gasteiger partial charge in [0.2, 0.25) is 5.91 Å². The Morgan fingerprint density at radius 3 is 2.47 bits per heavy atom. The topological polar surface area (TPSA) is 109 Å². The fourth-order valence-electron chi connectivity index (χ4n) is 4.85. The maximum absolute atomic E-state index is 13.9. The monoisotopic (exact) mass is 550 g/mol. The molecule has 2 aromatic carbocycles. The van der Waals surface area contributed by atoms with Gasteiger partial charge in [0, 0.05) is 55.6 Å². The SMILES string of the molecule is O=C1CCCN1CCC1CN(S(=O)(=O)c2cc3cc(Cl)ccc3n2S(=O)(=O)c2ccccc2)CCN1. The molecule has 9 nitrogen and oxygen atoms in total. The molecular formula is C24H27ClN4O5S2. The molecule has 1 amide bonds. The fourth-order valence-corrected chi connectivity index (χ4v) is 8.59. The van der Waals surface area contributed by atoms with E-state index in [1.54, 1.807) is 24.3 Å². The molecule has 2 fully saturated rings.